The van der Waals surface area contributed by atoms with Gasteiger partial charge in [-0.05, 0) is 107 Å². The molecule has 6 heteroatoms. The van der Waals surface area contributed by atoms with Gasteiger partial charge in [-0.3, -0.25) is 0 Å². The second kappa shape index (κ2) is 13.9. The van der Waals surface area contributed by atoms with E-state index in [2.05, 4.69) is 234 Å². The van der Waals surface area contributed by atoms with Gasteiger partial charge in [-0.2, -0.15) is 0 Å². The summed E-state index contributed by atoms with van der Waals surface area (Å²) in [7, 11) is 0. The fourth-order valence-corrected chi connectivity index (χ4v) is 10.5. The zero-order chi connectivity index (χ0) is 43.5. The van der Waals surface area contributed by atoms with Crippen molar-refractivity contribution >= 4 is 98.8 Å². The van der Waals surface area contributed by atoms with E-state index in [-0.39, 0.29) is 0 Å². The number of hydrogen-bond acceptors (Lipinski definition) is 4. The largest absolute Gasteiger partial charge is 0.456 e. The lowest BCUT2D eigenvalue weighted by Crippen LogP contribution is -2.46. The third-order valence-electron chi connectivity index (χ3n) is 13.7. The summed E-state index contributed by atoms with van der Waals surface area (Å²) in [5.74, 6) is 1.40. The molecule has 0 saturated heterocycles. The van der Waals surface area contributed by atoms with Gasteiger partial charge in [0, 0.05) is 43.7 Å². The van der Waals surface area contributed by atoms with Crippen molar-refractivity contribution in [3.05, 3.63) is 229 Å². The van der Waals surface area contributed by atoms with Crippen LogP contribution in [0.5, 0.6) is 0 Å². The molecule has 3 aromatic heterocycles. The van der Waals surface area contributed by atoms with Crippen LogP contribution in [-0.4, -0.2) is 20.8 Å². The summed E-state index contributed by atoms with van der Waals surface area (Å²) in [5.41, 5.74) is 10.5. The molecule has 0 bridgehead atoms. The molecule has 14 rings (SSSR count). The summed E-state index contributed by atoms with van der Waals surface area (Å²) in [4.78, 5) is 10.7. The van der Waals surface area contributed by atoms with Gasteiger partial charge in [-0.1, -0.05) is 140 Å². The number of hydrogen-bond donors (Lipinski definition) is 1. The Balaban J connectivity index is 0.964. The summed E-state index contributed by atoms with van der Waals surface area (Å²) in [6, 6.07) is 75.7. The van der Waals surface area contributed by atoms with Gasteiger partial charge in [0.15, 0.2) is 11.5 Å². The molecule has 10 aromatic carbocycles. The molecule has 0 amide bonds. The van der Waals surface area contributed by atoms with Crippen molar-refractivity contribution in [2.24, 2.45) is 9.98 Å². The topological polar surface area (TPSA) is 59.8 Å². The Morgan fingerprint density at radius 2 is 1.08 bits per heavy atom. The monoisotopic (exact) mass is 845 g/mol. The van der Waals surface area contributed by atoms with Crippen LogP contribution in [0, 0.1) is 0 Å². The Morgan fingerprint density at radius 3 is 1.85 bits per heavy atom. The maximum atomic E-state index is 6.84. The predicted octanol–water partition coefficient (Wildman–Crippen LogP) is 14.8. The SMILES string of the molecule is C[C@]1(c2ccc3ccccc3c2)N=C(c2ccc3c(c2)oc2cccc(-n4c5ccccc5c5cc6c7ccccc7n(-c7ccccc7)c6cc54)c23)N=C(c2ccc3ccccc3c2)N1. The number of benzene rings is 10. The van der Waals surface area contributed by atoms with E-state index in [9.17, 15) is 0 Å². The molecule has 1 aliphatic rings. The van der Waals surface area contributed by atoms with Crippen LogP contribution in [0.3, 0.4) is 0 Å². The van der Waals surface area contributed by atoms with Gasteiger partial charge in [0.25, 0.3) is 0 Å². The van der Waals surface area contributed by atoms with Crippen LogP contribution in [0.2, 0.25) is 0 Å². The number of amidine groups is 2. The molecule has 0 unspecified atom stereocenters. The molecule has 310 valence electrons. The Morgan fingerprint density at radius 1 is 0.439 bits per heavy atom. The lowest BCUT2D eigenvalue weighted by molar-refractivity contribution is 0.455. The second-order valence-corrected chi connectivity index (χ2v) is 17.6. The van der Waals surface area contributed by atoms with Crippen molar-refractivity contribution in [3.63, 3.8) is 0 Å². The number of rotatable bonds is 5. The maximum Gasteiger partial charge on any atom is 0.159 e. The van der Waals surface area contributed by atoms with Crippen LogP contribution in [0.1, 0.15) is 23.6 Å². The van der Waals surface area contributed by atoms with Gasteiger partial charge >= 0.3 is 0 Å². The number of aromatic nitrogens is 2. The van der Waals surface area contributed by atoms with E-state index >= 15 is 0 Å². The smallest absolute Gasteiger partial charge is 0.159 e. The molecule has 0 fully saturated rings. The lowest BCUT2D eigenvalue weighted by atomic mass is 9.96. The standard InChI is InChI=1S/C60H39N5O/c1-60(43-30-28-38-15-6-8-17-40(38)33-43)62-58(41-27-26-37-14-5-7-16-39(37)32-41)61-59(63-60)42-29-31-47-56(34-42)66-55-25-13-24-52(57(47)55)65-51-23-12-10-21-46(51)49-35-48-45-20-9-11-22-50(45)64(53(48)36-54(49)65)44-18-3-2-4-19-44/h2-36H,1H3,(H,61,62,63)/t60-/m1/s1. The highest BCUT2D eigenvalue weighted by atomic mass is 16.3. The van der Waals surface area contributed by atoms with E-state index in [4.69, 9.17) is 14.4 Å². The Kier molecular flexibility index (Phi) is 7.72. The fraction of sp³-hybridized carbons (Fsp3) is 0.0333. The molecule has 66 heavy (non-hydrogen) atoms. The van der Waals surface area contributed by atoms with E-state index in [1.54, 1.807) is 0 Å². The van der Waals surface area contributed by atoms with Crippen molar-refractivity contribution in [1.82, 2.24) is 14.5 Å². The van der Waals surface area contributed by atoms with Gasteiger partial charge < -0.3 is 18.9 Å². The maximum absolute atomic E-state index is 6.84. The summed E-state index contributed by atoms with van der Waals surface area (Å²) < 4.78 is 11.7. The summed E-state index contributed by atoms with van der Waals surface area (Å²) in [6.45, 7) is 2.14. The van der Waals surface area contributed by atoms with Crippen molar-refractivity contribution in [2.75, 3.05) is 0 Å². The van der Waals surface area contributed by atoms with Crippen LogP contribution in [-0.2, 0) is 5.66 Å². The second-order valence-electron chi connectivity index (χ2n) is 17.6. The third kappa shape index (κ3) is 5.48. The number of nitrogens with zero attached hydrogens (tertiary/aromatic N) is 4. The zero-order valence-electron chi connectivity index (χ0n) is 35.9. The number of furan rings is 1. The van der Waals surface area contributed by atoms with E-state index in [1.165, 1.54) is 37.8 Å². The number of fused-ring (bicyclic) bond motifs is 11. The molecule has 1 aliphatic heterocycles. The highest BCUT2D eigenvalue weighted by Gasteiger charge is 2.33. The zero-order valence-corrected chi connectivity index (χ0v) is 35.9. The van der Waals surface area contributed by atoms with E-state index in [1.807, 2.05) is 0 Å². The van der Waals surface area contributed by atoms with Crippen molar-refractivity contribution in [3.8, 4) is 11.4 Å². The normalized spacial score (nSPS) is 15.4. The summed E-state index contributed by atoms with van der Waals surface area (Å²) >= 11 is 0. The highest BCUT2D eigenvalue weighted by Crippen LogP contribution is 2.43. The van der Waals surface area contributed by atoms with Crippen LogP contribution < -0.4 is 5.32 Å². The van der Waals surface area contributed by atoms with Crippen molar-refractivity contribution < 1.29 is 4.42 Å². The minimum atomic E-state index is -0.813. The first-order chi connectivity index (χ1) is 32.5. The molecule has 1 atom stereocenters. The van der Waals surface area contributed by atoms with Gasteiger partial charge in [0.1, 0.15) is 17.0 Å². The molecular weight excluding hydrogens is 807 g/mol. The first kappa shape index (κ1) is 36.7. The molecule has 0 radical (unpaired) electrons. The van der Waals surface area contributed by atoms with Gasteiger partial charge in [0.05, 0.1) is 33.1 Å². The number of nitrogens with one attached hydrogen (secondary N) is 1. The molecule has 1 N–H and O–H groups in total. The molecule has 6 nitrogen and oxygen atoms in total. The van der Waals surface area contributed by atoms with Crippen LogP contribution in [0.15, 0.2) is 227 Å². The molecule has 0 aliphatic carbocycles. The molecule has 13 aromatic rings. The average molecular weight is 846 g/mol. The van der Waals surface area contributed by atoms with Crippen LogP contribution in [0.25, 0.3) is 98.5 Å². The first-order valence-electron chi connectivity index (χ1n) is 22.5. The number of para-hydroxylation sites is 3. The van der Waals surface area contributed by atoms with Gasteiger partial charge in [-0.25, -0.2) is 9.98 Å². The van der Waals surface area contributed by atoms with Gasteiger partial charge in [0.2, 0.25) is 0 Å². The van der Waals surface area contributed by atoms with Crippen LogP contribution in [0.4, 0.5) is 0 Å². The Labute approximate surface area is 379 Å². The van der Waals surface area contributed by atoms with E-state index in [0.717, 1.165) is 83.2 Å². The number of aliphatic imine (C=N–C) groups is 2. The van der Waals surface area contributed by atoms with E-state index < -0.39 is 5.66 Å². The van der Waals surface area contributed by atoms with Crippen molar-refractivity contribution in [1.29, 1.82) is 0 Å². The fourth-order valence-electron chi connectivity index (χ4n) is 10.5. The summed E-state index contributed by atoms with van der Waals surface area (Å²) in [6.07, 6.45) is 0. The minimum Gasteiger partial charge on any atom is -0.456 e. The molecular formula is C60H39N5O. The highest BCUT2D eigenvalue weighted by molar-refractivity contribution is 6.21. The first-order valence-corrected chi connectivity index (χ1v) is 22.5. The lowest BCUT2D eigenvalue weighted by Gasteiger charge is -2.33. The van der Waals surface area contributed by atoms with Crippen molar-refractivity contribution in [2.45, 2.75) is 12.6 Å². The molecule has 0 saturated carbocycles. The molecule has 4 heterocycles. The van der Waals surface area contributed by atoms with Gasteiger partial charge in [-0.15, -0.1) is 0 Å². The average Bonchev–Trinajstić information content (AvgIpc) is 4.02. The Bertz CT molecular complexity index is 4230. The summed E-state index contributed by atoms with van der Waals surface area (Å²) in [5, 5.41) is 15.4. The quantitative estimate of drug-likeness (QED) is 0.188. The predicted molar refractivity (Wildman–Crippen MR) is 274 cm³/mol. The minimum absolute atomic E-state index is 0.635. The van der Waals surface area contributed by atoms with E-state index in [0.29, 0.717) is 5.84 Å². The Hall–Kier alpha value is -8.74. The molecule has 0 spiro atoms. The van der Waals surface area contributed by atoms with Crippen LogP contribution >= 0.6 is 0 Å². The third-order valence-corrected chi connectivity index (χ3v) is 13.7.